The number of amides is 2. The molecule has 2 N–H and O–H groups in total. The molecule has 0 spiro atoms. The molecule has 37 heavy (non-hydrogen) atoms. The number of sulfone groups is 1. The smallest absolute Gasteiger partial charge is 0.328 e. The zero-order valence-corrected chi connectivity index (χ0v) is 22.8. The molecule has 1 saturated carbocycles. The van der Waals surface area contributed by atoms with Gasteiger partial charge in [0.05, 0.1) is 18.5 Å². The SMILES string of the molecule is CN(C)CC(=O)OCC1(C#CC#Cc2cc3n(c2)C(=O)N(CC[C@](C)(C(=O)NO)S(C)(=O)=O)C3)CC1.Cl. The Balaban J connectivity index is 0.00000481. The van der Waals surface area contributed by atoms with Crippen molar-refractivity contribution in [2.45, 2.75) is 37.5 Å². The minimum Gasteiger partial charge on any atom is -0.463 e. The molecule has 2 aliphatic rings. The fraction of sp³-hybridized carbons (Fsp3) is 0.542. The molecule has 0 bridgehead atoms. The number of hydrogen-bond acceptors (Lipinski definition) is 8. The minimum atomic E-state index is -3.85. The van der Waals surface area contributed by atoms with E-state index in [4.69, 9.17) is 9.94 Å². The lowest BCUT2D eigenvalue weighted by atomic mass is 10.1. The first-order valence-corrected chi connectivity index (χ1v) is 13.2. The Kier molecular flexibility index (Phi) is 9.44. The van der Waals surface area contributed by atoms with Crippen LogP contribution in [0.2, 0.25) is 0 Å². The Bertz CT molecular complexity index is 1300. The van der Waals surface area contributed by atoms with Crippen molar-refractivity contribution in [3.8, 4) is 23.7 Å². The lowest BCUT2D eigenvalue weighted by Gasteiger charge is -2.27. The van der Waals surface area contributed by atoms with Crippen molar-refractivity contribution >= 4 is 40.2 Å². The van der Waals surface area contributed by atoms with Crippen molar-refractivity contribution < 1.29 is 32.7 Å². The molecule has 1 aliphatic carbocycles. The van der Waals surface area contributed by atoms with Gasteiger partial charge in [0.2, 0.25) is 0 Å². The van der Waals surface area contributed by atoms with Crippen LogP contribution in [0.25, 0.3) is 0 Å². The molecule has 2 heterocycles. The Morgan fingerprint density at radius 2 is 1.97 bits per heavy atom. The van der Waals surface area contributed by atoms with E-state index in [0.29, 0.717) is 11.3 Å². The molecule has 1 fully saturated rings. The van der Waals surface area contributed by atoms with Crippen molar-refractivity contribution in [1.29, 1.82) is 0 Å². The van der Waals surface area contributed by atoms with Gasteiger partial charge < -0.3 is 9.64 Å². The topological polar surface area (TPSA) is 138 Å². The Labute approximate surface area is 222 Å². The van der Waals surface area contributed by atoms with Gasteiger partial charge in [-0.2, -0.15) is 0 Å². The summed E-state index contributed by atoms with van der Waals surface area (Å²) < 4.78 is 29.1. The molecule has 13 heteroatoms. The van der Waals surface area contributed by atoms with Gasteiger partial charge in [0.1, 0.15) is 6.61 Å². The molecular formula is C24H31ClN4O7S. The summed E-state index contributed by atoms with van der Waals surface area (Å²) in [7, 11) is -0.269. The number of hydroxylamine groups is 1. The number of fused-ring (bicyclic) bond motifs is 1. The van der Waals surface area contributed by atoms with Crippen LogP contribution >= 0.6 is 12.4 Å². The van der Waals surface area contributed by atoms with Gasteiger partial charge in [0.15, 0.2) is 14.6 Å². The summed E-state index contributed by atoms with van der Waals surface area (Å²) in [5, 5.41) is 8.94. The van der Waals surface area contributed by atoms with Crippen molar-refractivity contribution in [3.63, 3.8) is 0 Å². The van der Waals surface area contributed by atoms with Crippen molar-refractivity contribution in [3.05, 3.63) is 23.5 Å². The number of carbonyl (C=O) groups is 3. The number of ether oxygens (including phenoxy) is 1. The monoisotopic (exact) mass is 554 g/mol. The van der Waals surface area contributed by atoms with Crippen LogP contribution in [0.4, 0.5) is 4.79 Å². The van der Waals surface area contributed by atoms with Crippen molar-refractivity contribution in [1.82, 2.24) is 19.8 Å². The molecule has 202 valence electrons. The van der Waals surface area contributed by atoms with Gasteiger partial charge >= 0.3 is 12.0 Å². The number of esters is 1. The van der Waals surface area contributed by atoms with E-state index in [0.717, 1.165) is 19.1 Å². The summed E-state index contributed by atoms with van der Waals surface area (Å²) in [4.78, 5) is 39.6. The molecule has 3 rings (SSSR count). The van der Waals surface area contributed by atoms with Gasteiger partial charge in [-0.25, -0.2) is 18.7 Å². The van der Waals surface area contributed by atoms with E-state index in [2.05, 4.69) is 23.7 Å². The summed E-state index contributed by atoms with van der Waals surface area (Å²) in [5.74, 6) is 10.2. The molecule has 2 amide bonds. The fourth-order valence-corrected chi connectivity index (χ4v) is 4.49. The van der Waals surface area contributed by atoms with Crippen LogP contribution in [0.5, 0.6) is 0 Å². The van der Waals surface area contributed by atoms with Gasteiger partial charge in [0, 0.05) is 30.3 Å². The second-order valence-corrected chi connectivity index (χ2v) is 12.1. The molecule has 0 saturated heterocycles. The average Bonchev–Trinajstić information content (AvgIpc) is 3.36. The highest BCUT2D eigenvalue weighted by Crippen LogP contribution is 2.45. The predicted octanol–water partition coefficient (Wildman–Crippen LogP) is 0.632. The first-order chi connectivity index (χ1) is 16.8. The highest BCUT2D eigenvalue weighted by molar-refractivity contribution is 7.92. The van der Waals surface area contributed by atoms with Crippen LogP contribution in [-0.2, 0) is 30.7 Å². The number of aromatic nitrogens is 1. The number of nitrogens with zero attached hydrogens (tertiary/aromatic N) is 3. The van der Waals surface area contributed by atoms with E-state index < -0.39 is 20.5 Å². The van der Waals surface area contributed by atoms with Gasteiger partial charge in [-0.15, -0.1) is 12.4 Å². The molecule has 1 aromatic heterocycles. The van der Waals surface area contributed by atoms with Crippen LogP contribution in [0.1, 0.15) is 37.4 Å². The Morgan fingerprint density at radius 1 is 1.30 bits per heavy atom. The van der Waals surface area contributed by atoms with Crippen LogP contribution < -0.4 is 5.48 Å². The summed E-state index contributed by atoms with van der Waals surface area (Å²) in [5.41, 5.74) is 2.35. The number of rotatable bonds is 9. The third kappa shape index (κ3) is 7.05. The molecule has 1 atom stereocenters. The maximum atomic E-state index is 12.7. The molecule has 11 nitrogen and oxygen atoms in total. The largest absolute Gasteiger partial charge is 0.463 e. The van der Waals surface area contributed by atoms with E-state index in [1.807, 2.05) is 0 Å². The van der Waals surface area contributed by atoms with E-state index >= 15 is 0 Å². The van der Waals surface area contributed by atoms with Crippen LogP contribution in [0.15, 0.2) is 12.3 Å². The molecular weight excluding hydrogens is 524 g/mol. The fourth-order valence-electron chi connectivity index (χ4n) is 3.65. The number of halogens is 1. The van der Waals surface area contributed by atoms with E-state index in [1.165, 1.54) is 21.9 Å². The Morgan fingerprint density at radius 3 is 2.51 bits per heavy atom. The quantitative estimate of drug-likeness (QED) is 0.196. The molecule has 1 aromatic rings. The zero-order valence-electron chi connectivity index (χ0n) is 21.2. The first-order valence-electron chi connectivity index (χ1n) is 11.3. The maximum absolute atomic E-state index is 12.7. The Hall–Kier alpha value is -3.03. The normalized spacial score (nSPS) is 16.8. The predicted molar refractivity (Wildman–Crippen MR) is 137 cm³/mol. The number of carbonyl (C=O) groups excluding carboxylic acids is 3. The second kappa shape index (κ2) is 11.6. The molecule has 0 aromatic carbocycles. The van der Waals surface area contributed by atoms with E-state index in [9.17, 15) is 22.8 Å². The molecule has 0 radical (unpaired) electrons. The summed E-state index contributed by atoms with van der Waals surface area (Å²) in [6, 6.07) is 1.39. The van der Waals surface area contributed by atoms with Crippen LogP contribution in [0.3, 0.4) is 0 Å². The van der Waals surface area contributed by atoms with Gasteiger partial charge in [-0.3, -0.25) is 24.3 Å². The first kappa shape index (κ1) is 30.2. The van der Waals surface area contributed by atoms with Gasteiger partial charge in [0.25, 0.3) is 5.91 Å². The minimum absolute atomic E-state index is 0. The standard InChI is InChI=1S/C24H30N4O7S.ClH/c1-23(21(30)25-32,36(4,33)34)11-12-27-15-19-13-18(14-28(19)22(27)31)7-5-6-8-24(9-10-24)17-35-20(29)16-26(2)3;/h13-14,32H,9-12,15-17H2,1-4H3,(H,25,30);1H/t23-;/m1./s1. The summed E-state index contributed by atoms with van der Waals surface area (Å²) in [6.45, 7) is 1.91. The second-order valence-electron chi connectivity index (χ2n) is 9.67. The highest BCUT2D eigenvalue weighted by atomic mass is 35.5. The summed E-state index contributed by atoms with van der Waals surface area (Å²) >= 11 is 0. The number of nitrogens with one attached hydrogen (secondary N) is 1. The zero-order chi connectivity index (χ0) is 26.7. The number of likely N-dealkylation sites (N-methyl/N-ethyl adjacent to an activating group) is 1. The lowest BCUT2D eigenvalue weighted by molar-refractivity contribution is -0.145. The maximum Gasteiger partial charge on any atom is 0.328 e. The van der Waals surface area contributed by atoms with Crippen molar-refractivity contribution in [2.75, 3.05) is 40.0 Å². The molecule has 0 unspecified atom stereocenters. The average molecular weight is 555 g/mol. The third-order valence-electron chi connectivity index (χ3n) is 6.39. The van der Waals surface area contributed by atoms with Gasteiger partial charge in [-0.05, 0) is 58.2 Å². The van der Waals surface area contributed by atoms with Crippen molar-refractivity contribution in [2.24, 2.45) is 5.41 Å². The highest BCUT2D eigenvalue weighted by Gasteiger charge is 2.44. The van der Waals surface area contributed by atoms with E-state index in [-0.39, 0.29) is 62.5 Å². The van der Waals surface area contributed by atoms with Crippen LogP contribution in [-0.4, -0.2) is 90.7 Å². The van der Waals surface area contributed by atoms with E-state index in [1.54, 1.807) is 31.3 Å². The third-order valence-corrected chi connectivity index (χ3v) is 8.42. The molecule has 1 aliphatic heterocycles. The lowest BCUT2D eigenvalue weighted by Crippen LogP contribution is -2.50. The summed E-state index contributed by atoms with van der Waals surface area (Å²) in [6.07, 6.45) is 4.01. The van der Waals surface area contributed by atoms with Gasteiger partial charge in [-0.1, -0.05) is 11.8 Å². The van der Waals surface area contributed by atoms with Crippen LogP contribution in [0, 0.1) is 29.1 Å². The number of hydrogen-bond donors (Lipinski definition) is 2.